The van der Waals surface area contributed by atoms with Gasteiger partial charge in [0.1, 0.15) is 17.2 Å². The summed E-state index contributed by atoms with van der Waals surface area (Å²) in [6.07, 6.45) is 0.634. The van der Waals surface area contributed by atoms with E-state index < -0.39 is 17.9 Å². The second-order valence-electron chi connectivity index (χ2n) is 10.1. The molecule has 1 saturated heterocycles. The monoisotopic (exact) mass is 545 g/mol. The number of hydrogen-bond acceptors (Lipinski definition) is 12. The Bertz CT molecular complexity index is 1470. The molecule has 0 bridgehead atoms. The molecule has 2 aliphatic rings. The van der Waals surface area contributed by atoms with Crippen LogP contribution >= 0.6 is 0 Å². The Balaban J connectivity index is 1.33. The minimum absolute atomic E-state index is 0.138. The van der Waals surface area contributed by atoms with E-state index in [9.17, 15) is 10.2 Å². The van der Waals surface area contributed by atoms with Gasteiger partial charge < -0.3 is 39.7 Å². The number of fused-ring (bicyclic) bond motifs is 1. The van der Waals surface area contributed by atoms with E-state index in [2.05, 4.69) is 30.7 Å². The number of nitrogens with zero attached hydrogens (tertiary/aromatic N) is 5. The number of ether oxygens (including phenoxy) is 2. The van der Waals surface area contributed by atoms with E-state index in [1.54, 1.807) is 18.3 Å². The van der Waals surface area contributed by atoms with Gasteiger partial charge in [0.2, 0.25) is 0 Å². The van der Waals surface area contributed by atoms with E-state index in [0.29, 0.717) is 72.3 Å². The molecule has 0 amide bonds. The van der Waals surface area contributed by atoms with Crippen molar-refractivity contribution in [2.24, 2.45) is 0 Å². The van der Waals surface area contributed by atoms with Gasteiger partial charge in [0.15, 0.2) is 6.29 Å². The van der Waals surface area contributed by atoms with Crippen molar-refractivity contribution in [1.29, 1.82) is 0 Å². The lowest BCUT2D eigenvalue weighted by Crippen LogP contribution is -2.36. The number of hydrogen-bond donors (Lipinski definition) is 4. The molecule has 1 unspecified atom stereocenters. The SMILES string of the molecule is CC1(C)OC(O)c2ccc(Nc3cc(N[C@H](CO)c4ccccc4)c(-c4nc(N5CCOCC5)no4)cn3)nc21. The van der Waals surface area contributed by atoms with Gasteiger partial charge in [-0.25, -0.2) is 9.97 Å². The Morgan fingerprint density at radius 3 is 2.65 bits per heavy atom. The number of anilines is 4. The third-order valence-corrected chi connectivity index (χ3v) is 6.98. The first-order valence-electron chi connectivity index (χ1n) is 13.1. The van der Waals surface area contributed by atoms with Gasteiger partial charge in [-0.2, -0.15) is 4.98 Å². The summed E-state index contributed by atoms with van der Waals surface area (Å²) < 4.78 is 16.7. The number of aliphatic hydroxyl groups is 2. The van der Waals surface area contributed by atoms with Crippen LogP contribution in [-0.2, 0) is 15.1 Å². The predicted molar refractivity (Wildman–Crippen MR) is 147 cm³/mol. The van der Waals surface area contributed by atoms with E-state index in [0.717, 1.165) is 5.56 Å². The lowest BCUT2D eigenvalue weighted by molar-refractivity contribution is -0.158. The van der Waals surface area contributed by atoms with Crippen molar-refractivity contribution in [2.45, 2.75) is 31.8 Å². The Labute approximate surface area is 231 Å². The summed E-state index contributed by atoms with van der Waals surface area (Å²) in [5.74, 6) is 1.84. The first-order chi connectivity index (χ1) is 19.4. The zero-order valence-corrected chi connectivity index (χ0v) is 22.2. The summed E-state index contributed by atoms with van der Waals surface area (Å²) in [6.45, 7) is 6.15. The van der Waals surface area contributed by atoms with Crippen LogP contribution in [0.4, 0.5) is 23.3 Å². The number of aliphatic hydroxyl groups excluding tert-OH is 2. The van der Waals surface area contributed by atoms with E-state index in [-0.39, 0.29) is 6.61 Å². The number of nitrogens with one attached hydrogen (secondary N) is 2. The van der Waals surface area contributed by atoms with Crippen molar-refractivity contribution in [1.82, 2.24) is 20.1 Å². The zero-order valence-electron chi connectivity index (χ0n) is 22.2. The fraction of sp³-hybridized carbons (Fsp3) is 0.357. The number of benzene rings is 1. The van der Waals surface area contributed by atoms with E-state index in [1.807, 2.05) is 55.1 Å². The van der Waals surface area contributed by atoms with E-state index in [1.165, 1.54) is 0 Å². The largest absolute Gasteiger partial charge is 0.394 e. The minimum Gasteiger partial charge on any atom is -0.394 e. The molecule has 2 atom stereocenters. The second kappa shape index (κ2) is 10.8. The van der Waals surface area contributed by atoms with Crippen molar-refractivity contribution in [3.8, 4) is 11.5 Å². The molecule has 0 aliphatic carbocycles. The van der Waals surface area contributed by atoms with Crippen LogP contribution in [0.15, 0.2) is 59.3 Å². The molecule has 12 nitrogen and oxygen atoms in total. The molecular weight excluding hydrogens is 514 g/mol. The molecule has 5 heterocycles. The molecular formula is C28H31N7O5. The second-order valence-corrected chi connectivity index (χ2v) is 10.1. The van der Waals surface area contributed by atoms with Gasteiger partial charge in [-0.05, 0) is 36.7 Å². The highest BCUT2D eigenvalue weighted by Gasteiger charge is 2.38. The maximum atomic E-state index is 10.2. The molecule has 12 heteroatoms. The Morgan fingerprint density at radius 1 is 1.07 bits per heavy atom. The number of morpholine rings is 1. The van der Waals surface area contributed by atoms with Crippen LogP contribution in [0, 0.1) is 0 Å². The normalized spacial score (nSPS) is 18.8. The molecule has 6 rings (SSSR count). The lowest BCUT2D eigenvalue weighted by atomic mass is 10.0. The van der Waals surface area contributed by atoms with Gasteiger partial charge in [0.05, 0.1) is 42.8 Å². The number of aromatic nitrogens is 4. The van der Waals surface area contributed by atoms with Gasteiger partial charge in [0, 0.05) is 30.9 Å². The molecule has 3 aromatic heterocycles. The maximum Gasteiger partial charge on any atom is 0.266 e. The first-order valence-corrected chi connectivity index (χ1v) is 13.1. The molecule has 0 radical (unpaired) electrons. The fourth-order valence-electron chi connectivity index (χ4n) is 4.89. The lowest BCUT2D eigenvalue weighted by Gasteiger charge is -2.24. The third kappa shape index (κ3) is 5.21. The van der Waals surface area contributed by atoms with Crippen LogP contribution in [0.3, 0.4) is 0 Å². The molecule has 0 saturated carbocycles. The summed E-state index contributed by atoms with van der Waals surface area (Å²) in [4.78, 5) is 15.9. The van der Waals surface area contributed by atoms with Crippen LogP contribution in [-0.4, -0.2) is 63.2 Å². The molecule has 208 valence electrons. The van der Waals surface area contributed by atoms with Crippen LogP contribution in [0.5, 0.6) is 0 Å². The van der Waals surface area contributed by atoms with Gasteiger partial charge >= 0.3 is 0 Å². The Kier molecular flexibility index (Phi) is 7.07. The Morgan fingerprint density at radius 2 is 1.88 bits per heavy atom. The van der Waals surface area contributed by atoms with Gasteiger partial charge in [-0.15, -0.1) is 0 Å². The molecule has 1 aromatic carbocycles. The van der Waals surface area contributed by atoms with Crippen LogP contribution in [0.2, 0.25) is 0 Å². The summed E-state index contributed by atoms with van der Waals surface area (Å²) in [5.41, 5.74) is 2.72. The highest BCUT2D eigenvalue weighted by molar-refractivity contribution is 5.76. The van der Waals surface area contributed by atoms with Gasteiger partial charge in [0.25, 0.3) is 11.8 Å². The zero-order chi connectivity index (χ0) is 27.7. The highest BCUT2D eigenvalue weighted by Crippen LogP contribution is 2.41. The first kappa shape index (κ1) is 26.1. The number of rotatable bonds is 8. The van der Waals surface area contributed by atoms with Crippen molar-refractivity contribution in [3.05, 3.63) is 71.5 Å². The molecule has 1 fully saturated rings. The molecule has 2 aliphatic heterocycles. The van der Waals surface area contributed by atoms with Crippen molar-refractivity contribution in [3.63, 3.8) is 0 Å². The van der Waals surface area contributed by atoms with Crippen molar-refractivity contribution >= 4 is 23.3 Å². The predicted octanol–water partition coefficient (Wildman–Crippen LogP) is 3.51. The molecule has 4 N–H and O–H groups in total. The van der Waals surface area contributed by atoms with Crippen molar-refractivity contribution < 1.29 is 24.2 Å². The van der Waals surface area contributed by atoms with Crippen LogP contribution in [0.25, 0.3) is 11.5 Å². The maximum absolute atomic E-state index is 10.2. The standard InChI is InChI=1S/C28H31N7O5/c1-28(2)24-18(26(37)39-28)8-9-22(32-24)31-23-14-20(30-21(16-36)17-6-4-3-5-7-17)19(15-29-23)25-33-27(34-40-25)35-10-12-38-13-11-35/h3-9,14-15,21,26,36-37H,10-13,16H2,1-2H3,(H2,29,30,31,32)/t21-,26?/m1/s1. The third-order valence-electron chi connectivity index (χ3n) is 6.98. The van der Waals surface area contributed by atoms with Crippen LogP contribution in [0.1, 0.15) is 43.0 Å². The molecule has 0 spiro atoms. The van der Waals surface area contributed by atoms with Crippen LogP contribution < -0.4 is 15.5 Å². The fourth-order valence-corrected chi connectivity index (χ4v) is 4.89. The molecule has 4 aromatic rings. The summed E-state index contributed by atoms with van der Waals surface area (Å²) >= 11 is 0. The van der Waals surface area contributed by atoms with Crippen molar-refractivity contribution in [2.75, 3.05) is 48.4 Å². The average molecular weight is 546 g/mol. The topological polar surface area (TPSA) is 151 Å². The quantitative estimate of drug-likeness (QED) is 0.256. The smallest absolute Gasteiger partial charge is 0.266 e. The van der Waals surface area contributed by atoms with Gasteiger partial charge in [-0.1, -0.05) is 30.3 Å². The average Bonchev–Trinajstić information content (AvgIpc) is 3.55. The highest BCUT2D eigenvalue weighted by atomic mass is 16.6. The van der Waals surface area contributed by atoms with E-state index >= 15 is 0 Å². The Hall–Kier alpha value is -4.10. The summed E-state index contributed by atoms with van der Waals surface area (Å²) in [6, 6.07) is 14.7. The van der Waals surface area contributed by atoms with E-state index in [4.69, 9.17) is 14.0 Å². The minimum atomic E-state index is -1.01. The van der Waals surface area contributed by atoms with Gasteiger partial charge in [-0.3, -0.25) is 0 Å². The number of pyridine rings is 2. The molecule has 40 heavy (non-hydrogen) atoms. The summed E-state index contributed by atoms with van der Waals surface area (Å²) in [7, 11) is 0. The summed E-state index contributed by atoms with van der Waals surface area (Å²) in [5, 5.41) is 31.3.